The zero-order valence-corrected chi connectivity index (χ0v) is 11.2. The molecular formula is C15H19NO4. The molecular weight excluding hydrogens is 258 g/mol. The molecule has 0 spiro atoms. The van der Waals surface area contributed by atoms with Gasteiger partial charge in [0.15, 0.2) is 0 Å². The molecule has 2 rings (SSSR count). The second kappa shape index (κ2) is 7.05. The van der Waals surface area contributed by atoms with Crippen molar-refractivity contribution in [3.05, 3.63) is 35.9 Å². The van der Waals surface area contributed by atoms with E-state index in [1.165, 1.54) is 0 Å². The molecule has 108 valence electrons. The summed E-state index contributed by atoms with van der Waals surface area (Å²) in [5, 5.41) is 11.9. The highest BCUT2D eigenvalue weighted by Gasteiger charge is 2.25. The summed E-state index contributed by atoms with van der Waals surface area (Å²) < 4.78 is 5.23. The molecule has 1 aliphatic rings. The Bertz CT molecular complexity index is 454. The summed E-state index contributed by atoms with van der Waals surface area (Å²) in [6.45, 7) is 1.18. The van der Waals surface area contributed by atoms with Crippen molar-refractivity contribution < 1.29 is 19.4 Å². The van der Waals surface area contributed by atoms with E-state index >= 15 is 0 Å². The monoisotopic (exact) mass is 277 g/mol. The van der Waals surface area contributed by atoms with Crippen LogP contribution < -0.4 is 5.32 Å². The smallest absolute Gasteiger partial charge is 0.305 e. The van der Waals surface area contributed by atoms with Crippen LogP contribution in [-0.2, 0) is 14.3 Å². The maximum Gasteiger partial charge on any atom is 0.305 e. The highest BCUT2D eigenvalue weighted by Crippen LogP contribution is 2.20. The van der Waals surface area contributed by atoms with Crippen molar-refractivity contribution in [1.82, 2.24) is 5.32 Å². The van der Waals surface area contributed by atoms with E-state index in [0.717, 1.165) is 5.56 Å². The van der Waals surface area contributed by atoms with E-state index in [0.29, 0.717) is 26.1 Å². The van der Waals surface area contributed by atoms with E-state index in [2.05, 4.69) is 5.32 Å². The van der Waals surface area contributed by atoms with Gasteiger partial charge in [-0.15, -0.1) is 0 Å². The van der Waals surface area contributed by atoms with Crippen molar-refractivity contribution in [3.8, 4) is 0 Å². The van der Waals surface area contributed by atoms with Gasteiger partial charge in [-0.25, -0.2) is 0 Å². The van der Waals surface area contributed by atoms with Gasteiger partial charge in [-0.3, -0.25) is 9.59 Å². The van der Waals surface area contributed by atoms with Crippen LogP contribution in [0.15, 0.2) is 30.3 Å². The summed E-state index contributed by atoms with van der Waals surface area (Å²) in [6.07, 6.45) is 1.28. The van der Waals surface area contributed by atoms with E-state index < -0.39 is 12.0 Å². The summed E-state index contributed by atoms with van der Waals surface area (Å²) in [6, 6.07) is 8.72. The average molecular weight is 277 g/mol. The van der Waals surface area contributed by atoms with Gasteiger partial charge in [-0.2, -0.15) is 0 Å². The molecule has 0 radical (unpaired) electrons. The van der Waals surface area contributed by atoms with Crippen LogP contribution in [0.4, 0.5) is 0 Å². The highest BCUT2D eigenvalue weighted by molar-refractivity contribution is 5.80. The third kappa shape index (κ3) is 4.06. The zero-order valence-electron chi connectivity index (χ0n) is 11.2. The first kappa shape index (κ1) is 14.5. The van der Waals surface area contributed by atoms with Crippen LogP contribution in [0.3, 0.4) is 0 Å². The number of ether oxygens (including phenoxy) is 1. The van der Waals surface area contributed by atoms with Gasteiger partial charge in [-0.05, 0) is 18.4 Å². The van der Waals surface area contributed by atoms with E-state index in [9.17, 15) is 9.59 Å². The number of hydrogen-bond acceptors (Lipinski definition) is 3. The Kier molecular flexibility index (Phi) is 5.12. The summed E-state index contributed by atoms with van der Waals surface area (Å²) in [5.74, 6) is -1.08. The highest BCUT2D eigenvalue weighted by atomic mass is 16.5. The van der Waals surface area contributed by atoms with Gasteiger partial charge in [0.05, 0.1) is 12.5 Å². The number of benzene rings is 1. The maximum absolute atomic E-state index is 12.2. The van der Waals surface area contributed by atoms with Crippen molar-refractivity contribution in [2.45, 2.75) is 25.3 Å². The maximum atomic E-state index is 12.2. The number of amides is 1. The van der Waals surface area contributed by atoms with Gasteiger partial charge in [0, 0.05) is 19.1 Å². The van der Waals surface area contributed by atoms with Crippen LogP contribution >= 0.6 is 0 Å². The Balaban J connectivity index is 2.03. The lowest BCUT2D eigenvalue weighted by Crippen LogP contribution is -2.37. The molecule has 1 atom stereocenters. The number of carbonyl (C=O) groups excluding carboxylic acids is 1. The average Bonchev–Trinajstić information content (AvgIpc) is 2.48. The Morgan fingerprint density at radius 2 is 1.90 bits per heavy atom. The van der Waals surface area contributed by atoms with Crippen LogP contribution in [0.25, 0.3) is 0 Å². The van der Waals surface area contributed by atoms with Gasteiger partial charge in [0.1, 0.15) is 0 Å². The Morgan fingerprint density at radius 3 is 2.50 bits per heavy atom. The number of hydrogen-bond donors (Lipinski definition) is 2. The lowest BCUT2D eigenvalue weighted by atomic mass is 9.97. The molecule has 5 nitrogen and oxygen atoms in total. The topological polar surface area (TPSA) is 75.6 Å². The standard InChI is InChI=1S/C15H19NO4/c17-14(18)10-13(11-4-2-1-3-5-11)16-15(19)12-6-8-20-9-7-12/h1-5,12-13H,6-10H2,(H,16,19)(H,17,18). The van der Waals surface area contributed by atoms with Gasteiger partial charge < -0.3 is 15.2 Å². The number of carboxylic acid groups (broad SMARTS) is 1. The number of aliphatic carboxylic acids is 1. The molecule has 1 aliphatic heterocycles. The quantitative estimate of drug-likeness (QED) is 0.859. The third-order valence-electron chi connectivity index (χ3n) is 3.49. The van der Waals surface area contributed by atoms with E-state index in [1.807, 2.05) is 30.3 Å². The van der Waals surface area contributed by atoms with Crippen LogP contribution in [0, 0.1) is 5.92 Å². The van der Waals surface area contributed by atoms with Crippen molar-refractivity contribution in [3.63, 3.8) is 0 Å². The molecule has 0 saturated carbocycles. The molecule has 0 aliphatic carbocycles. The van der Waals surface area contributed by atoms with Crippen LogP contribution in [0.5, 0.6) is 0 Å². The molecule has 0 bridgehead atoms. The Labute approximate surface area is 117 Å². The van der Waals surface area contributed by atoms with Crippen molar-refractivity contribution in [2.24, 2.45) is 5.92 Å². The summed E-state index contributed by atoms with van der Waals surface area (Å²) in [7, 11) is 0. The van der Waals surface area contributed by atoms with E-state index in [-0.39, 0.29) is 18.2 Å². The van der Waals surface area contributed by atoms with E-state index in [4.69, 9.17) is 9.84 Å². The molecule has 0 aromatic heterocycles. The predicted octanol–water partition coefficient (Wildman–Crippen LogP) is 1.75. The predicted molar refractivity (Wildman–Crippen MR) is 73.1 cm³/mol. The normalized spacial score (nSPS) is 17.4. The minimum atomic E-state index is -0.925. The first-order chi connectivity index (χ1) is 9.66. The SMILES string of the molecule is O=C(O)CC(NC(=O)C1CCOCC1)c1ccccc1. The van der Waals surface area contributed by atoms with Crippen molar-refractivity contribution >= 4 is 11.9 Å². The van der Waals surface area contributed by atoms with Crippen molar-refractivity contribution in [1.29, 1.82) is 0 Å². The fourth-order valence-electron chi connectivity index (χ4n) is 2.36. The lowest BCUT2D eigenvalue weighted by Gasteiger charge is -2.24. The van der Waals surface area contributed by atoms with Gasteiger partial charge >= 0.3 is 5.97 Å². The lowest BCUT2D eigenvalue weighted by molar-refractivity contribution is -0.138. The Hall–Kier alpha value is -1.88. The molecule has 5 heteroatoms. The Morgan fingerprint density at radius 1 is 1.25 bits per heavy atom. The minimum absolute atomic E-state index is 0.0799. The second-order valence-electron chi connectivity index (χ2n) is 4.96. The largest absolute Gasteiger partial charge is 0.481 e. The van der Waals surface area contributed by atoms with Gasteiger partial charge in [0.2, 0.25) is 5.91 Å². The van der Waals surface area contributed by atoms with Gasteiger partial charge in [-0.1, -0.05) is 30.3 Å². The number of carbonyl (C=O) groups is 2. The summed E-state index contributed by atoms with van der Waals surface area (Å²) in [4.78, 5) is 23.2. The number of carboxylic acids is 1. The van der Waals surface area contributed by atoms with Crippen LogP contribution in [-0.4, -0.2) is 30.2 Å². The summed E-state index contributed by atoms with van der Waals surface area (Å²) >= 11 is 0. The molecule has 1 fully saturated rings. The molecule has 1 saturated heterocycles. The summed E-state index contributed by atoms with van der Waals surface area (Å²) in [5.41, 5.74) is 0.815. The molecule has 20 heavy (non-hydrogen) atoms. The number of nitrogens with one attached hydrogen (secondary N) is 1. The molecule has 1 heterocycles. The molecule has 1 aromatic carbocycles. The minimum Gasteiger partial charge on any atom is -0.481 e. The molecule has 1 amide bonds. The first-order valence-electron chi connectivity index (χ1n) is 6.81. The fraction of sp³-hybridized carbons (Fsp3) is 0.467. The first-order valence-corrected chi connectivity index (χ1v) is 6.81. The third-order valence-corrected chi connectivity index (χ3v) is 3.49. The van der Waals surface area contributed by atoms with Crippen LogP contribution in [0.1, 0.15) is 30.9 Å². The van der Waals surface area contributed by atoms with Gasteiger partial charge in [0.25, 0.3) is 0 Å². The van der Waals surface area contributed by atoms with E-state index in [1.54, 1.807) is 0 Å². The molecule has 2 N–H and O–H groups in total. The fourth-order valence-corrected chi connectivity index (χ4v) is 2.36. The number of rotatable bonds is 5. The van der Waals surface area contributed by atoms with Crippen molar-refractivity contribution in [2.75, 3.05) is 13.2 Å². The van der Waals surface area contributed by atoms with Crippen LogP contribution in [0.2, 0.25) is 0 Å². The molecule has 1 unspecified atom stereocenters. The second-order valence-corrected chi connectivity index (χ2v) is 4.96. The molecule has 1 aromatic rings. The zero-order chi connectivity index (χ0) is 14.4.